The maximum Gasteiger partial charge on any atom is 0.339 e. The highest BCUT2D eigenvalue weighted by Gasteiger charge is 2.14. The second-order valence-electron chi connectivity index (χ2n) is 3.99. The normalized spacial score (nSPS) is 12.6. The average molecular weight is 241 g/mol. The van der Waals surface area contributed by atoms with Crippen LogP contribution >= 0.6 is 0 Å². The third-order valence-corrected chi connectivity index (χ3v) is 2.73. The highest BCUT2D eigenvalue weighted by Crippen LogP contribution is 2.14. The molecule has 3 N–H and O–H groups in total. The molecule has 96 valence electrons. The molecule has 1 aromatic rings. The zero-order valence-electron chi connectivity index (χ0n) is 10.2. The summed E-state index contributed by atoms with van der Waals surface area (Å²) in [7, 11) is 0. The molecule has 5 heteroatoms. The lowest BCUT2D eigenvalue weighted by Gasteiger charge is -2.14. The van der Waals surface area contributed by atoms with Crippen molar-refractivity contribution in [3.63, 3.8) is 0 Å². The molecule has 0 bridgehead atoms. The summed E-state index contributed by atoms with van der Waals surface area (Å²) in [6.45, 7) is 4.29. The summed E-state index contributed by atoms with van der Waals surface area (Å²) in [6, 6.07) is 1.76. The lowest BCUT2D eigenvalue weighted by Crippen LogP contribution is -2.28. The smallest absolute Gasteiger partial charge is 0.339 e. The molecule has 0 spiro atoms. The Morgan fingerprint density at radius 3 is 2.76 bits per heavy atom. The minimum absolute atomic E-state index is 0.142. The Morgan fingerprint density at radius 2 is 2.29 bits per heavy atom. The molecule has 1 atom stereocenters. The Morgan fingerprint density at radius 1 is 1.59 bits per heavy atom. The molecule has 0 aliphatic heterocycles. The van der Waals surface area contributed by atoms with E-state index in [9.17, 15) is 4.79 Å². The maximum atomic E-state index is 10.8. The van der Waals surface area contributed by atoms with Crippen molar-refractivity contribution in [3.8, 4) is 0 Å². The summed E-state index contributed by atoms with van der Waals surface area (Å²) < 4.78 is 5.34. The number of carboxylic acid groups (broad SMARTS) is 1. The van der Waals surface area contributed by atoms with E-state index in [2.05, 4.69) is 5.32 Å². The minimum atomic E-state index is -0.972. The third-order valence-electron chi connectivity index (χ3n) is 2.73. The SMILES string of the molecule is CCC(CCO)NCc1cc(C(=O)O)c(C)o1. The quantitative estimate of drug-likeness (QED) is 0.674. The van der Waals surface area contributed by atoms with Crippen LogP contribution in [0.25, 0.3) is 0 Å². The van der Waals surface area contributed by atoms with Crippen molar-refractivity contribution in [3.05, 3.63) is 23.2 Å². The first-order valence-electron chi connectivity index (χ1n) is 5.75. The molecule has 0 amide bonds. The van der Waals surface area contributed by atoms with Crippen LogP contribution in [-0.4, -0.2) is 28.8 Å². The van der Waals surface area contributed by atoms with Gasteiger partial charge in [0, 0.05) is 12.6 Å². The molecule has 0 saturated carbocycles. The van der Waals surface area contributed by atoms with Crippen molar-refractivity contribution in [2.75, 3.05) is 6.61 Å². The van der Waals surface area contributed by atoms with Gasteiger partial charge in [-0.25, -0.2) is 4.79 Å². The summed E-state index contributed by atoms with van der Waals surface area (Å²) in [5.74, 6) is 0.0562. The number of aliphatic hydroxyl groups excluding tert-OH is 1. The standard InChI is InChI=1S/C12H19NO4/c1-3-9(4-5-14)13-7-10-6-11(12(15)16)8(2)17-10/h6,9,13-14H,3-5,7H2,1-2H3,(H,15,16). The highest BCUT2D eigenvalue weighted by atomic mass is 16.4. The molecule has 0 aliphatic carbocycles. The summed E-state index contributed by atoms with van der Waals surface area (Å²) >= 11 is 0. The monoisotopic (exact) mass is 241 g/mol. The Bertz CT molecular complexity index is 373. The zero-order chi connectivity index (χ0) is 12.8. The van der Waals surface area contributed by atoms with Gasteiger partial charge in [-0.3, -0.25) is 0 Å². The first-order valence-corrected chi connectivity index (χ1v) is 5.75. The van der Waals surface area contributed by atoms with Crippen LogP contribution in [0.3, 0.4) is 0 Å². The molecular formula is C12H19NO4. The molecule has 1 rings (SSSR count). The zero-order valence-corrected chi connectivity index (χ0v) is 10.2. The van der Waals surface area contributed by atoms with Crippen LogP contribution in [0.5, 0.6) is 0 Å². The van der Waals surface area contributed by atoms with Crippen molar-refractivity contribution in [2.45, 2.75) is 39.3 Å². The first-order chi connectivity index (χ1) is 8.08. The number of hydrogen-bond donors (Lipinski definition) is 3. The van der Waals surface area contributed by atoms with Gasteiger partial charge in [-0.2, -0.15) is 0 Å². The van der Waals surface area contributed by atoms with E-state index in [-0.39, 0.29) is 18.2 Å². The summed E-state index contributed by atoms with van der Waals surface area (Å²) in [5.41, 5.74) is 0.206. The number of rotatable bonds is 7. The molecule has 1 heterocycles. The lowest BCUT2D eigenvalue weighted by molar-refractivity contribution is 0.0695. The molecule has 5 nitrogen and oxygen atoms in total. The predicted octanol–water partition coefficient (Wildman–Crippen LogP) is 1.54. The fourth-order valence-electron chi connectivity index (χ4n) is 1.69. The number of carbonyl (C=O) groups is 1. The van der Waals surface area contributed by atoms with Gasteiger partial charge in [-0.05, 0) is 25.8 Å². The Hall–Kier alpha value is -1.33. The molecule has 0 fully saturated rings. The van der Waals surface area contributed by atoms with Gasteiger partial charge >= 0.3 is 5.97 Å². The number of hydrogen-bond acceptors (Lipinski definition) is 4. The average Bonchev–Trinajstić information content (AvgIpc) is 2.66. The number of carboxylic acids is 1. The molecule has 1 aromatic heterocycles. The van der Waals surface area contributed by atoms with E-state index < -0.39 is 5.97 Å². The number of aliphatic hydroxyl groups is 1. The number of nitrogens with one attached hydrogen (secondary N) is 1. The second-order valence-corrected chi connectivity index (χ2v) is 3.99. The van der Waals surface area contributed by atoms with Crippen molar-refractivity contribution in [1.29, 1.82) is 0 Å². The van der Waals surface area contributed by atoms with Crippen LogP contribution in [0, 0.1) is 6.92 Å². The van der Waals surface area contributed by atoms with E-state index >= 15 is 0 Å². The highest BCUT2D eigenvalue weighted by molar-refractivity contribution is 5.88. The van der Waals surface area contributed by atoms with E-state index in [0.29, 0.717) is 24.5 Å². The molecule has 0 aliphatic rings. The Balaban J connectivity index is 2.57. The number of furan rings is 1. The van der Waals surface area contributed by atoms with Crippen LogP contribution in [0.4, 0.5) is 0 Å². The molecule has 1 unspecified atom stereocenters. The van der Waals surface area contributed by atoms with Gasteiger partial charge < -0.3 is 19.9 Å². The van der Waals surface area contributed by atoms with E-state index in [0.717, 1.165) is 6.42 Å². The Labute approximate surface area is 100 Å². The van der Waals surface area contributed by atoms with Crippen molar-refractivity contribution < 1.29 is 19.4 Å². The molecule has 0 radical (unpaired) electrons. The molecule has 0 saturated heterocycles. The topological polar surface area (TPSA) is 82.7 Å². The van der Waals surface area contributed by atoms with Crippen LogP contribution < -0.4 is 5.32 Å². The van der Waals surface area contributed by atoms with Crippen molar-refractivity contribution in [1.82, 2.24) is 5.32 Å². The van der Waals surface area contributed by atoms with E-state index in [1.165, 1.54) is 6.07 Å². The van der Waals surface area contributed by atoms with Crippen LogP contribution in [0.15, 0.2) is 10.5 Å². The van der Waals surface area contributed by atoms with Gasteiger partial charge in [-0.1, -0.05) is 6.92 Å². The van der Waals surface area contributed by atoms with Gasteiger partial charge in [0.05, 0.1) is 6.54 Å². The predicted molar refractivity (Wildman–Crippen MR) is 63.0 cm³/mol. The number of aryl methyl sites for hydroxylation is 1. The van der Waals surface area contributed by atoms with Gasteiger partial charge in [0.25, 0.3) is 0 Å². The fourth-order valence-corrected chi connectivity index (χ4v) is 1.69. The summed E-state index contributed by atoms with van der Waals surface area (Å²) in [6.07, 6.45) is 1.59. The minimum Gasteiger partial charge on any atom is -0.478 e. The Kier molecular flexibility index (Phi) is 5.18. The first kappa shape index (κ1) is 13.7. The van der Waals surface area contributed by atoms with Crippen LogP contribution in [-0.2, 0) is 6.54 Å². The van der Waals surface area contributed by atoms with Crippen LogP contribution in [0.1, 0.15) is 41.6 Å². The molecule has 0 aromatic carbocycles. The van der Waals surface area contributed by atoms with Crippen molar-refractivity contribution in [2.24, 2.45) is 0 Å². The van der Waals surface area contributed by atoms with Crippen LogP contribution in [0.2, 0.25) is 0 Å². The van der Waals surface area contributed by atoms with Gasteiger partial charge in [-0.15, -0.1) is 0 Å². The maximum absolute atomic E-state index is 10.8. The van der Waals surface area contributed by atoms with E-state index in [1.807, 2.05) is 6.92 Å². The second kappa shape index (κ2) is 6.42. The third kappa shape index (κ3) is 3.87. The van der Waals surface area contributed by atoms with Gasteiger partial charge in [0.15, 0.2) is 0 Å². The molecule has 17 heavy (non-hydrogen) atoms. The van der Waals surface area contributed by atoms with Crippen molar-refractivity contribution >= 4 is 5.97 Å². The van der Waals surface area contributed by atoms with E-state index in [1.54, 1.807) is 6.92 Å². The fraction of sp³-hybridized carbons (Fsp3) is 0.583. The summed E-state index contributed by atoms with van der Waals surface area (Å²) in [5, 5.41) is 20.9. The van der Waals surface area contributed by atoms with E-state index in [4.69, 9.17) is 14.6 Å². The number of aromatic carboxylic acids is 1. The summed E-state index contributed by atoms with van der Waals surface area (Å²) in [4.78, 5) is 10.8. The lowest BCUT2D eigenvalue weighted by atomic mass is 10.1. The largest absolute Gasteiger partial charge is 0.478 e. The van der Waals surface area contributed by atoms with Gasteiger partial charge in [0.1, 0.15) is 17.1 Å². The molecular weight excluding hydrogens is 222 g/mol. The van der Waals surface area contributed by atoms with Gasteiger partial charge in [0.2, 0.25) is 0 Å².